The second-order valence-electron chi connectivity index (χ2n) is 4.00. The van der Waals surface area contributed by atoms with E-state index in [2.05, 4.69) is 18.9 Å². The number of hydrazone groups is 1. The van der Waals surface area contributed by atoms with Gasteiger partial charge < -0.3 is 10.6 Å². The standard InChI is InChI=1S/C12H17FN2O/c1-9(2)5-6-16-12-7-10(8-15-14)3-4-11(12)13/h3-4,7-9H,5-6,14H2,1-2H3. The molecule has 0 atom stereocenters. The highest BCUT2D eigenvalue weighted by atomic mass is 19.1. The Kier molecular flexibility index (Phi) is 4.76. The summed E-state index contributed by atoms with van der Waals surface area (Å²) < 4.78 is 18.7. The summed E-state index contributed by atoms with van der Waals surface area (Å²) >= 11 is 0. The van der Waals surface area contributed by atoms with Gasteiger partial charge in [-0.1, -0.05) is 19.9 Å². The third-order valence-corrected chi connectivity index (χ3v) is 2.13. The van der Waals surface area contributed by atoms with Gasteiger partial charge in [-0.05, 0) is 30.0 Å². The van der Waals surface area contributed by atoms with Crippen LogP contribution in [-0.4, -0.2) is 12.8 Å². The normalized spacial score (nSPS) is 11.2. The van der Waals surface area contributed by atoms with Crippen molar-refractivity contribution in [1.29, 1.82) is 0 Å². The molecule has 0 aliphatic rings. The Morgan fingerprint density at radius 3 is 2.88 bits per heavy atom. The van der Waals surface area contributed by atoms with E-state index in [4.69, 9.17) is 10.6 Å². The number of nitrogens with two attached hydrogens (primary N) is 1. The van der Waals surface area contributed by atoms with Crippen molar-refractivity contribution in [2.75, 3.05) is 6.61 Å². The first-order valence-corrected chi connectivity index (χ1v) is 5.29. The van der Waals surface area contributed by atoms with E-state index in [0.29, 0.717) is 12.5 Å². The second-order valence-corrected chi connectivity index (χ2v) is 4.00. The maximum Gasteiger partial charge on any atom is 0.165 e. The van der Waals surface area contributed by atoms with E-state index in [0.717, 1.165) is 12.0 Å². The molecule has 1 aromatic carbocycles. The zero-order valence-corrected chi connectivity index (χ0v) is 9.61. The molecule has 0 aliphatic carbocycles. The molecule has 0 unspecified atom stereocenters. The number of hydrogen-bond donors (Lipinski definition) is 1. The predicted octanol–water partition coefficient (Wildman–Crippen LogP) is 2.54. The van der Waals surface area contributed by atoms with Gasteiger partial charge in [-0.2, -0.15) is 5.10 Å². The van der Waals surface area contributed by atoms with Crippen LogP contribution in [0.25, 0.3) is 0 Å². The Morgan fingerprint density at radius 1 is 1.50 bits per heavy atom. The average molecular weight is 224 g/mol. The lowest BCUT2D eigenvalue weighted by molar-refractivity contribution is 0.277. The van der Waals surface area contributed by atoms with Gasteiger partial charge in [0.2, 0.25) is 0 Å². The van der Waals surface area contributed by atoms with E-state index in [1.165, 1.54) is 12.3 Å². The molecular formula is C12H17FN2O. The van der Waals surface area contributed by atoms with Crippen LogP contribution >= 0.6 is 0 Å². The summed E-state index contributed by atoms with van der Waals surface area (Å²) in [6.07, 6.45) is 2.35. The zero-order valence-electron chi connectivity index (χ0n) is 9.61. The minimum atomic E-state index is -0.363. The average Bonchev–Trinajstić information content (AvgIpc) is 2.22. The summed E-state index contributed by atoms with van der Waals surface area (Å²) in [5.41, 5.74) is 0.725. The molecule has 0 aliphatic heterocycles. The molecular weight excluding hydrogens is 207 g/mol. The molecule has 0 radical (unpaired) electrons. The lowest BCUT2D eigenvalue weighted by Crippen LogP contribution is -2.03. The lowest BCUT2D eigenvalue weighted by Gasteiger charge is -2.09. The van der Waals surface area contributed by atoms with E-state index in [1.54, 1.807) is 12.1 Å². The summed E-state index contributed by atoms with van der Waals surface area (Å²) in [4.78, 5) is 0. The molecule has 0 fully saturated rings. The van der Waals surface area contributed by atoms with Crippen molar-refractivity contribution in [1.82, 2.24) is 0 Å². The van der Waals surface area contributed by atoms with E-state index in [-0.39, 0.29) is 11.6 Å². The summed E-state index contributed by atoms with van der Waals surface area (Å²) in [6, 6.07) is 4.54. The van der Waals surface area contributed by atoms with Gasteiger partial charge in [-0.15, -0.1) is 0 Å². The molecule has 2 N–H and O–H groups in total. The number of rotatable bonds is 5. The summed E-state index contributed by atoms with van der Waals surface area (Å²) in [7, 11) is 0. The van der Waals surface area contributed by atoms with Crippen molar-refractivity contribution in [2.24, 2.45) is 16.9 Å². The Bertz CT molecular complexity index is 364. The largest absolute Gasteiger partial charge is 0.490 e. The van der Waals surface area contributed by atoms with Gasteiger partial charge in [0.05, 0.1) is 12.8 Å². The maximum absolute atomic E-state index is 13.3. The van der Waals surface area contributed by atoms with Crippen LogP contribution in [0.15, 0.2) is 23.3 Å². The van der Waals surface area contributed by atoms with Gasteiger partial charge in [0, 0.05) is 0 Å². The van der Waals surface area contributed by atoms with Crippen molar-refractivity contribution in [3.05, 3.63) is 29.6 Å². The molecule has 4 heteroatoms. The summed E-state index contributed by atoms with van der Waals surface area (Å²) in [5, 5.41) is 3.38. The topological polar surface area (TPSA) is 47.6 Å². The molecule has 0 heterocycles. The lowest BCUT2D eigenvalue weighted by atomic mass is 10.1. The smallest absolute Gasteiger partial charge is 0.165 e. The zero-order chi connectivity index (χ0) is 12.0. The quantitative estimate of drug-likeness (QED) is 0.474. The van der Waals surface area contributed by atoms with Crippen LogP contribution in [0.2, 0.25) is 0 Å². The minimum absolute atomic E-state index is 0.248. The van der Waals surface area contributed by atoms with Crippen molar-refractivity contribution < 1.29 is 9.13 Å². The van der Waals surface area contributed by atoms with Crippen molar-refractivity contribution >= 4 is 6.21 Å². The first-order valence-electron chi connectivity index (χ1n) is 5.29. The van der Waals surface area contributed by atoms with Crippen LogP contribution in [0.5, 0.6) is 5.75 Å². The first kappa shape index (κ1) is 12.5. The summed E-state index contributed by atoms with van der Waals surface area (Å²) in [5.74, 6) is 5.45. The number of hydrogen-bond acceptors (Lipinski definition) is 3. The van der Waals surface area contributed by atoms with Crippen LogP contribution < -0.4 is 10.6 Å². The van der Waals surface area contributed by atoms with Crippen LogP contribution in [0.1, 0.15) is 25.8 Å². The van der Waals surface area contributed by atoms with Crippen LogP contribution in [0.3, 0.4) is 0 Å². The van der Waals surface area contributed by atoms with Crippen LogP contribution in [0, 0.1) is 11.7 Å². The molecule has 0 saturated carbocycles. The highest BCUT2D eigenvalue weighted by Crippen LogP contribution is 2.18. The van der Waals surface area contributed by atoms with E-state index < -0.39 is 0 Å². The Hall–Kier alpha value is -1.58. The third kappa shape index (κ3) is 3.88. The fraction of sp³-hybridized carbons (Fsp3) is 0.417. The Balaban J connectivity index is 2.66. The fourth-order valence-corrected chi connectivity index (χ4v) is 1.20. The number of nitrogens with zero attached hydrogens (tertiary/aromatic N) is 1. The first-order chi connectivity index (χ1) is 7.63. The Labute approximate surface area is 95.1 Å². The van der Waals surface area contributed by atoms with Crippen LogP contribution in [-0.2, 0) is 0 Å². The molecule has 0 spiro atoms. The number of benzene rings is 1. The fourth-order valence-electron chi connectivity index (χ4n) is 1.20. The Morgan fingerprint density at radius 2 is 2.25 bits per heavy atom. The van der Waals surface area contributed by atoms with Crippen molar-refractivity contribution in [3.63, 3.8) is 0 Å². The van der Waals surface area contributed by atoms with E-state index >= 15 is 0 Å². The van der Waals surface area contributed by atoms with Gasteiger partial charge >= 0.3 is 0 Å². The molecule has 0 amide bonds. The van der Waals surface area contributed by atoms with Gasteiger partial charge in [0.1, 0.15) is 0 Å². The molecule has 16 heavy (non-hydrogen) atoms. The molecule has 0 saturated heterocycles. The molecule has 0 aromatic heterocycles. The second kappa shape index (κ2) is 6.10. The van der Waals surface area contributed by atoms with Crippen LogP contribution in [0.4, 0.5) is 4.39 Å². The maximum atomic E-state index is 13.3. The molecule has 0 bridgehead atoms. The highest BCUT2D eigenvalue weighted by Gasteiger charge is 2.04. The van der Waals surface area contributed by atoms with Crippen molar-refractivity contribution in [3.8, 4) is 5.75 Å². The molecule has 88 valence electrons. The molecule has 1 rings (SSSR count). The van der Waals surface area contributed by atoms with Gasteiger partial charge in [0.15, 0.2) is 11.6 Å². The van der Waals surface area contributed by atoms with E-state index in [9.17, 15) is 4.39 Å². The molecule has 3 nitrogen and oxygen atoms in total. The SMILES string of the molecule is CC(C)CCOc1cc(C=NN)ccc1F. The van der Waals surface area contributed by atoms with Gasteiger partial charge in [-0.25, -0.2) is 4.39 Å². The highest BCUT2D eigenvalue weighted by molar-refractivity contribution is 5.79. The van der Waals surface area contributed by atoms with Gasteiger partial charge in [0.25, 0.3) is 0 Å². The number of ether oxygens (including phenoxy) is 1. The van der Waals surface area contributed by atoms with E-state index in [1.807, 2.05) is 0 Å². The number of halogens is 1. The molecule has 1 aromatic rings. The van der Waals surface area contributed by atoms with Crippen molar-refractivity contribution in [2.45, 2.75) is 20.3 Å². The predicted molar refractivity (Wildman–Crippen MR) is 63.1 cm³/mol. The third-order valence-electron chi connectivity index (χ3n) is 2.13. The minimum Gasteiger partial charge on any atom is -0.490 e. The monoisotopic (exact) mass is 224 g/mol. The van der Waals surface area contributed by atoms with Gasteiger partial charge in [-0.3, -0.25) is 0 Å². The summed E-state index contributed by atoms with van der Waals surface area (Å²) in [6.45, 7) is 4.70.